The number of rotatable bonds is 3. The smallest absolute Gasteiger partial charge is 0.146 e. The molecule has 3 rings (SSSR count). The summed E-state index contributed by atoms with van der Waals surface area (Å²) in [5, 5.41) is 11.2. The number of ether oxygens (including phenoxy) is 1. The summed E-state index contributed by atoms with van der Waals surface area (Å²) in [4.78, 5) is 12.8. The van der Waals surface area contributed by atoms with Gasteiger partial charge >= 0.3 is 0 Å². The molecule has 4 atom stereocenters. The fourth-order valence-corrected chi connectivity index (χ4v) is 4.31. The first kappa shape index (κ1) is 16.4. The lowest BCUT2D eigenvalue weighted by Crippen LogP contribution is -2.38. The Bertz CT molecular complexity index is 686. The molecule has 0 radical (unpaired) electrons. The average Bonchev–Trinajstić information content (AvgIpc) is 2.96. The third-order valence-corrected chi connectivity index (χ3v) is 5.29. The molecule has 0 aliphatic heterocycles. The van der Waals surface area contributed by atoms with Crippen molar-refractivity contribution >= 4 is 17.4 Å². The predicted molar refractivity (Wildman–Crippen MR) is 89.8 cm³/mol. The van der Waals surface area contributed by atoms with Crippen molar-refractivity contribution < 1.29 is 14.6 Å². The largest absolute Gasteiger partial charge is 0.493 e. The predicted octanol–water partition coefficient (Wildman–Crippen LogP) is 3.55. The van der Waals surface area contributed by atoms with Crippen molar-refractivity contribution in [3.05, 3.63) is 28.3 Å². The molecule has 4 heteroatoms. The van der Waals surface area contributed by atoms with Crippen LogP contribution < -0.4 is 4.74 Å². The molecule has 1 aromatic carbocycles. The van der Waals surface area contributed by atoms with E-state index in [4.69, 9.17) is 16.3 Å². The molecular formula is C19H21ClO3. The van der Waals surface area contributed by atoms with Gasteiger partial charge in [-0.2, -0.15) is 0 Å². The molecule has 0 saturated heterocycles. The van der Waals surface area contributed by atoms with Gasteiger partial charge in [-0.1, -0.05) is 17.5 Å². The number of ketones is 1. The molecule has 0 spiro atoms. The lowest BCUT2D eigenvalue weighted by molar-refractivity contribution is -0.130. The van der Waals surface area contributed by atoms with Crippen molar-refractivity contribution in [2.24, 2.45) is 11.8 Å². The second-order valence-electron chi connectivity index (χ2n) is 6.32. The molecule has 2 aliphatic rings. The van der Waals surface area contributed by atoms with E-state index < -0.39 is 12.0 Å². The molecular weight excluding hydrogens is 312 g/mol. The van der Waals surface area contributed by atoms with Crippen LogP contribution in [0.4, 0.5) is 0 Å². The molecule has 1 aromatic rings. The van der Waals surface area contributed by atoms with Crippen molar-refractivity contribution in [2.45, 2.75) is 45.1 Å². The van der Waals surface area contributed by atoms with Crippen LogP contribution >= 0.6 is 11.6 Å². The first-order chi connectivity index (χ1) is 11.1. The molecule has 2 saturated carbocycles. The summed E-state index contributed by atoms with van der Waals surface area (Å²) < 4.78 is 5.73. The average molecular weight is 333 g/mol. The first-order valence-corrected chi connectivity index (χ1v) is 8.55. The molecule has 0 aromatic heterocycles. The van der Waals surface area contributed by atoms with Crippen LogP contribution in [0.3, 0.4) is 0 Å². The Morgan fingerprint density at radius 3 is 2.87 bits per heavy atom. The van der Waals surface area contributed by atoms with E-state index in [0.29, 0.717) is 22.9 Å². The Labute approximate surface area is 142 Å². The second-order valence-corrected chi connectivity index (χ2v) is 6.73. The van der Waals surface area contributed by atoms with E-state index in [1.807, 2.05) is 13.0 Å². The summed E-state index contributed by atoms with van der Waals surface area (Å²) in [6.07, 6.45) is 1.91. The zero-order valence-electron chi connectivity index (χ0n) is 13.4. The van der Waals surface area contributed by atoms with Crippen LogP contribution in [0.15, 0.2) is 12.1 Å². The van der Waals surface area contributed by atoms with Crippen LogP contribution in [0.5, 0.6) is 5.75 Å². The molecule has 4 unspecified atom stereocenters. The van der Waals surface area contributed by atoms with Gasteiger partial charge in [0.2, 0.25) is 0 Å². The normalized spacial score (nSPS) is 29.1. The highest BCUT2D eigenvalue weighted by Crippen LogP contribution is 2.49. The summed E-state index contributed by atoms with van der Waals surface area (Å²) in [5.74, 6) is 6.12. The molecule has 0 heterocycles. The molecule has 1 N–H and O–H groups in total. The van der Waals surface area contributed by atoms with Gasteiger partial charge in [-0.25, -0.2) is 0 Å². The van der Waals surface area contributed by atoms with Crippen LogP contribution in [0, 0.1) is 23.7 Å². The van der Waals surface area contributed by atoms with E-state index in [2.05, 4.69) is 11.8 Å². The molecule has 2 aliphatic carbocycles. The van der Waals surface area contributed by atoms with E-state index in [1.165, 1.54) is 0 Å². The summed E-state index contributed by atoms with van der Waals surface area (Å²) in [6, 6.07) is 3.57. The number of fused-ring (bicyclic) bond motifs is 2. The van der Waals surface area contributed by atoms with Crippen LogP contribution in [0.2, 0.25) is 5.02 Å². The quantitative estimate of drug-likeness (QED) is 0.861. The summed E-state index contributed by atoms with van der Waals surface area (Å²) in [5.41, 5.74) is 1.38. The molecule has 122 valence electrons. The number of aliphatic hydroxyl groups is 1. The lowest BCUT2D eigenvalue weighted by atomic mass is 9.74. The van der Waals surface area contributed by atoms with Crippen LogP contribution in [-0.4, -0.2) is 23.6 Å². The number of benzene rings is 1. The summed E-state index contributed by atoms with van der Waals surface area (Å²) in [7, 11) is 0. The number of hydrogen-bond donors (Lipinski definition) is 1. The first-order valence-electron chi connectivity index (χ1n) is 8.17. The van der Waals surface area contributed by atoms with E-state index in [1.54, 1.807) is 13.0 Å². The highest BCUT2D eigenvalue weighted by molar-refractivity contribution is 6.32. The Morgan fingerprint density at radius 2 is 2.17 bits per heavy atom. The van der Waals surface area contributed by atoms with Gasteiger partial charge < -0.3 is 9.84 Å². The lowest BCUT2D eigenvalue weighted by Gasteiger charge is -2.33. The van der Waals surface area contributed by atoms with Gasteiger partial charge in [-0.3, -0.25) is 4.79 Å². The standard InChI is InChI=1S/C19H21ClO3/c1-3-5-11-8-14(20)16(15(9-11)23-4-2)17-18(21)12-6-7-13(10-12)19(17)22/h8-9,12-13,17-18,21H,4,6-7,10H2,1-2H3. The Balaban J connectivity index is 2.10. The van der Waals surface area contributed by atoms with Crippen LogP contribution in [0.1, 0.15) is 50.2 Å². The van der Waals surface area contributed by atoms with Crippen molar-refractivity contribution in [3.63, 3.8) is 0 Å². The van der Waals surface area contributed by atoms with Crippen molar-refractivity contribution in [1.82, 2.24) is 0 Å². The highest BCUT2D eigenvalue weighted by atomic mass is 35.5. The van der Waals surface area contributed by atoms with Crippen molar-refractivity contribution in [1.29, 1.82) is 0 Å². The van der Waals surface area contributed by atoms with E-state index >= 15 is 0 Å². The van der Waals surface area contributed by atoms with Gasteiger partial charge in [0.1, 0.15) is 11.5 Å². The van der Waals surface area contributed by atoms with E-state index in [-0.39, 0.29) is 17.6 Å². The van der Waals surface area contributed by atoms with Gasteiger partial charge in [-0.05, 0) is 51.2 Å². The van der Waals surface area contributed by atoms with Gasteiger partial charge in [0.15, 0.2) is 0 Å². The molecule has 0 amide bonds. The van der Waals surface area contributed by atoms with Gasteiger partial charge in [0.25, 0.3) is 0 Å². The second kappa shape index (κ2) is 6.55. The van der Waals surface area contributed by atoms with Gasteiger partial charge in [0.05, 0.1) is 18.6 Å². The fraction of sp³-hybridized carbons (Fsp3) is 0.526. The van der Waals surface area contributed by atoms with Gasteiger partial charge in [0, 0.05) is 22.1 Å². The molecule has 2 fully saturated rings. The third kappa shape index (κ3) is 2.86. The summed E-state index contributed by atoms with van der Waals surface area (Å²) in [6.45, 7) is 4.11. The number of hydrogen-bond acceptors (Lipinski definition) is 3. The van der Waals surface area contributed by atoms with Gasteiger partial charge in [-0.15, -0.1) is 5.92 Å². The van der Waals surface area contributed by atoms with Crippen LogP contribution in [0.25, 0.3) is 0 Å². The van der Waals surface area contributed by atoms with Crippen LogP contribution in [-0.2, 0) is 4.79 Å². The monoisotopic (exact) mass is 332 g/mol. The topological polar surface area (TPSA) is 46.5 Å². The minimum atomic E-state index is -0.680. The number of halogens is 1. The maximum Gasteiger partial charge on any atom is 0.146 e. The van der Waals surface area contributed by atoms with Crippen molar-refractivity contribution in [3.8, 4) is 17.6 Å². The molecule has 23 heavy (non-hydrogen) atoms. The number of carbonyl (C=O) groups excluding carboxylic acids is 1. The van der Waals surface area contributed by atoms with Crippen molar-refractivity contribution in [2.75, 3.05) is 6.61 Å². The molecule has 3 nitrogen and oxygen atoms in total. The Morgan fingerprint density at radius 1 is 1.39 bits per heavy atom. The fourth-order valence-electron chi connectivity index (χ4n) is 3.98. The Hall–Kier alpha value is -1.50. The third-order valence-electron chi connectivity index (χ3n) is 4.98. The highest BCUT2D eigenvalue weighted by Gasteiger charge is 2.48. The van der Waals surface area contributed by atoms with E-state index in [9.17, 15) is 9.90 Å². The maximum atomic E-state index is 12.8. The molecule has 2 bridgehead atoms. The zero-order valence-corrected chi connectivity index (χ0v) is 14.2. The zero-order chi connectivity index (χ0) is 16.6. The summed E-state index contributed by atoms with van der Waals surface area (Å²) >= 11 is 6.47. The number of aliphatic hydroxyl groups excluding tert-OH is 1. The minimum absolute atomic E-state index is 0.0500. The number of carbonyl (C=O) groups is 1. The maximum absolute atomic E-state index is 12.8. The number of Topliss-reactive ketones (excluding diaryl/α,β-unsaturated/α-hetero) is 1. The SMILES string of the molecule is CC#Cc1cc(Cl)c(C2C(=O)C3CCC(C3)C2O)c(OCC)c1. The van der Waals surface area contributed by atoms with E-state index in [0.717, 1.165) is 24.8 Å². The Kier molecular flexibility index (Phi) is 4.66. The minimum Gasteiger partial charge on any atom is -0.493 e.